The van der Waals surface area contributed by atoms with E-state index in [0.717, 1.165) is 16.9 Å². The molecule has 3 rings (SSSR count). The zero-order chi connectivity index (χ0) is 13.1. The normalized spacial score (nSPS) is 10.3. The fourth-order valence-corrected chi connectivity index (χ4v) is 2.14. The first-order valence-electron chi connectivity index (χ1n) is 6.33. The highest BCUT2D eigenvalue weighted by Crippen LogP contribution is 2.22. The van der Waals surface area contributed by atoms with Crippen LogP contribution >= 0.6 is 0 Å². The van der Waals surface area contributed by atoms with Crippen molar-refractivity contribution in [3.8, 4) is 0 Å². The molecule has 19 heavy (non-hydrogen) atoms. The summed E-state index contributed by atoms with van der Waals surface area (Å²) in [6.07, 6.45) is 1.85. The summed E-state index contributed by atoms with van der Waals surface area (Å²) in [5, 5.41) is 5.92. The van der Waals surface area contributed by atoms with Gasteiger partial charge in [-0.15, -0.1) is 0 Å². The number of nitrogens with one attached hydrogen (secondary N) is 1. The van der Waals surface area contributed by atoms with Gasteiger partial charge in [-0.25, -0.2) is 0 Å². The molecule has 0 bridgehead atoms. The standard InChI is InChI=1S/C18H15N/c1-2-14-7-10-17(11-8-14)19-18-12-9-15-5-3-4-6-16(15)13-18/h2-13,19H,1H2. The molecule has 92 valence electrons. The number of anilines is 2. The van der Waals surface area contributed by atoms with Crippen LogP contribution in [0.1, 0.15) is 5.56 Å². The summed E-state index contributed by atoms with van der Waals surface area (Å²) in [5.74, 6) is 0. The maximum absolute atomic E-state index is 3.76. The highest BCUT2D eigenvalue weighted by molar-refractivity contribution is 5.86. The third kappa shape index (κ3) is 2.50. The van der Waals surface area contributed by atoms with Gasteiger partial charge in [0, 0.05) is 11.4 Å². The van der Waals surface area contributed by atoms with Crippen molar-refractivity contribution >= 4 is 28.2 Å². The van der Waals surface area contributed by atoms with Crippen LogP contribution in [0.15, 0.2) is 73.3 Å². The quantitative estimate of drug-likeness (QED) is 0.666. The van der Waals surface area contributed by atoms with Gasteiger partial charge in [0.15, 0.2) is 0 Å². The van der Waals surface area contributed by atoms with E-state index in [-0.39, 0.29) is 0 Å². The van der Waals surface area contributed by atoms with Crippen molar-refractivity contribution in [1.82, 2.24) is 0 Å². The Morgan fingerprint density at radius 2 is 1.42 bits per heavy atom. The molecule has 3 aromatic carbocycles. The van der Waals surface area contributed by atoms with E-state index >= 15 is 0 Å². The average Bonchev–Trinajstić information content (AvgIpc) is 2.48. The molecule has 0 saturated carbocycles. The Bertz CT molecular complexity index is 711. The van der Waals surface area contributed by atoms with Crippen molar-refractivity contribution < 1.29 is 0 Å². The molecule has 0 amide bonds. The largest absolute Gasteiger partial charge is 0.356 e. The van der Waals surface area contributed by atoms with Crippen LogP contribution in [0.3, 0.4) is 0 Å². The van der Waals surface area contributed by atoms with E-state index < -0.39 is 0 Å². The predicted molar refractivity (Wildman–Crippen MR) is 83.8 cm³/mol. The fraction of sp³-hybridized carbons (Fsp3) is 0. The Balaban J connectivity index is 1.89. The Morgan fingerprint density at radius 3 is 2.16 bits per heavy atom. The van der Waals surface area contributed by atoms with Gasteiger partial charge in [0.2, 0.25) is 0 Å². The Kier molecular flexibility index (Phi) is 3.03. The van der Waals surface area contributed by atoms with Crippen molar-refractivity contribution in [1.29, 1.82) is 0 Å². The number of benzene rings is 3. The number of hydrogen-bond acceptors (Lipinski definition) is 1. The molecule has 1 N–H and O–H groups in total. The lowest BCUT2D eigenvalue weighted by atomic mass is 10.1. The monoisotopic (exact) mass is 245 g/mol. The summed E-state index contributed by atoms with van der Waals surface area (Å²) < 4.78 is 0. The highest BCUT2D eigenvalue weighted by atomic mass is 14.9. The second kappa shape index (κ2) is 4.99. The molecule has 0 unspecified atom stereocenters. The van der Waals surface area contributed by atoms with Crippen molar-refractivity contribution in [2.75, 3.05) is 5.32 Å². The summed E-state index contributed by atoms with van der Waals surface area (Å²) >= 11 is 0. The molecule has 0 radical (unpaired) electrons. The molecule has 1 nitrogen and oxygen atoms in total. The van der Waals surface area contributed by atoms with Crippen LogP contribution in [-0.4, -0.2) is 0 Å². The molecule has 0 fully saturated rings. The minimum atomic E-state index is 1.08. The SMILES string of the molecule is C=Cc1ccc(Nc2ccc3ccccc3c2)cc1. The topological polar surface area (TPSA) is 12.0 Å². The van der Waals surface area contributed by atoms with Crippen LogP contribution in [0.4, 0.5) is 11.4 Å². The van der Waals surface area contributed by atoms with Crippen LogP contribution in [0, 0.1) is 0 Å². The predicted octanol–water partition coefficient (Wildman–Crippen LogP) is 5.23. The summed E-state index contributed by atoms with van der Waals surface area (Å²) in [5.41, 5.74) is 3.31. The Labute approximate surface area is 113 Å². The second-order valence-corrected chi connectivity index (χ2v) is 4.51. The molecule has 0 spiro atoms. The summed E-state index contributed by atoms with van der Waals surface area (Å²) in [6.45, 7) is 3.76. The molecular formula is C18H15N. The minimum Gasteiger partial charge on any atom is -0.356 e. The molecule has 0 heterocycles. The highest BCUT2D eigenvalue weighted by Gasteiger charge is 1.97. The first kappa shape index (κ1) is 11.5. The maximum atomic E-state index is 3.76. The molecule has 3 aromatic rings. The summed E-state index contributed by atoms with van der Waals surface area (Å²) in [4.78, 5) is 0. The first-order valence-corrected chi connectivity index (χ1v) is 6.33. The molecule has 0 aliphatic heterocycles. The van der Waals surface area contributed by atoms with Gasteiger partial charge in [0.05, 0.1) is 0 Å². The van der Waals surface area contributed by atoms with Crippen LogP contribution < -0.4 is 5.32 Å². The van der Waals surface area contributed by atoms with Crippen LogP contribution in [0.25, 0.3) is 16.8 Å². The molecule has 0 aliphatic carbocycles. The van der Waals surface area contributed by atoms with Crippen LogP contribution in [0.2, 0.25) is 0 Å². The van der Waals surface area contributed by atoms with E-state index in [1.54, 1.807) is 0 Å². The van der Waals surface area contributed by atoms with E-state index in [4.69, 9.17) is 0 Å². The van der Waals surface area contributed by atoms with Gasteiger partial charge >= 0.3 is 0 Å². The van der Waals surface area contributed by atoms with E-state index in [1.807, 2.05) is 6.08 Å². The van der Waals surface area contributed by atoms with Crippen molar-refractivity contribution in [3.63, 3.8) is 0 Å². The van der Waals surface area contributed by atoms with E-state index in [0.29, 0.717) is 0 Å². The molecule has 0 saturated heterocycles. The first-order chi connectivity index (χ1) is 9.35. The van der Waals surface area contributed by atoms with Gasteiger partial charge < -0.3 is 5.32 Å². The molecule has 0 aliphatic rings. The second-order valence-electron chi connectivity index (χ2n) is 4.51. The Hall–Kier alpha value is -2.54. The molecule has 0 atom stereocenters. The lowest BCUT2D eigenvalue weighted by Gasteiger charge is -2.08. The molecule has 0 aromatic heterocycles. The minimum absolute atomic E-state index is 1.08. The lowest BCUT2D eigenvalue weighted by Crippen LogP contribution is -1.89. The van der Waals surface area contributed by atoms with Gasteiger partial charge in [-0.05, 0) is 40.6 Å². The van der Waals surface area contributed by atoms with Crippen molar-refractivity contribution in [2.45, 2.75) is 0 Å². The van der Waals surface area contributed by atoms with Crippen LogP contribution in [0.5, 0.6) is 0 Å². The van der Waals surface area contributed by atoms with Crippen molar-refractivity contribution in [2.24, 2.45) is 0 Å². The molecular weight excluding hydrogens is 230 g/mol. The Morgan fingerprint density at radius 1 is 0.737 bits per heavy atom. The summed E-state index contributed by atoms with van der Waals surface area (Å²) in [7, 11) is 0. The maximum Gasteiger partial charge on any atom is 0.0390 e. The zero-order valence-corrected chi connectivity index (χ0v) is 10.6. The summed E-state index contributed by atoms with van der Waals surface area (Å²) in [6, 6.07) is 23.0. The van der Waals surface area contributed by atoms with E-state index in [2.05, 4.69) is 78.6 Å². The smallest absolute Gasteiger partial charge is 0.0390 e. The third-order valence-corrected chi connectivity index (χ3v) is 3.18. The van der Waals surface area contributed by atoms with Gasteiger partial charge in [-0.3, -0.25) is 0 Å². The van der Waals surface area contributed by atoms with E-state index in [9.17, 15) is 0 Å². The van der Waals surface area contributed by atoms with Crippen molar-refractivity contribution in [3.05, 3.63) is 78.9 Å². The van der Waals surface area contributed by atoms with Gasteiger partial charge in [-0.1, -0.05) is 55.1 Å². The number of fused-ring (bicyclic) bond motifs is 1. The number of rotatable bonds is 3. The van der Waals surface area contributed by atoms with Crippen LogP contribution in [-0.2, 0) is 0 Å². The average molecular weight is 245 g/mol. The van der Waals surface area contributed by atoms with E-state index in [1.165, 1.54) is 10.8 Å². The lowest BCUT2D eigenvalue weighted by molar-refractivity contribution is 1.55. The van der Waals surface area contributed by atoms with Gasteiger partial charge in [0.1, 0.15) is 0 Å². The van der Waals surface area contributed by atoms with Gasteiger partial charge in [0.25, 0.3) is 0 Å². The number of hydrogen-bond donors (Lipinski definition) is 1. The van der Waals surface area contributed by atoms with Gasteiger partial charge in [-0.2, -0.15) is 0 Å². The molecule has 1 heteroatoms. The zero-order valence-electron chi connectivity index (χ0n) is 10.6. The third-order valence-electron chi connectivity index (χ3n) is 3.18. The fourth-order valence-electron chi connectivity index (χ4n) is 2.14.